The summed E-state index contributed by atoms with van der Waals surface area (Å²) in [7, 11) is -1.17. The molecule has 1 heterocycles. The lowest BCUT2D eigenvalue weighted by Crippen LogP contribution is -2.29. The smallest absolute Gasteiger partial charge is 0.151 e. The molecule has 0 saturated carbocycles. The second-order valence-corrected chi connectivity index (χ2v) is 7.68. The Labute approximate surface area is 125 Å². The Hall–Kier alpha value is -1.59. The Kier molecular flexibility index (Phi) is 3.87. The van der Waals surface area contributed by atoms with Gasteiger partial charge in [0, 0.05) is 18.0 Å². The highest BCUT2D eigenvalue weighted by Crippen LogP contribution is 2.28. The minimum atomic E-state index is -2.84. The standard InChI is InChI=1S/C16H19NO3S/c1-20-16-7-6-12(14-4-2-3-5-15(14)16)10-17-13-8-9-21(18,19)11-13/h2-7,13,17H,8-11H2,1H3. The third-order valence-electron chi connectivity index (χ3n) is 4.01. The lowest BCUT2D eigenvalue weighted by molar-refractivity contribution is 0.419. The number of rotatable bonds is 4. The van der Waals surface area contributed by atoms with Crippen molar-refractivity contribution in [1.82, 2.24) is 5.32 Å². The molecule has 1 fully saturated rings. The zero-order valence-corrected chi connectivity index (χ0v) is 12.8. The van der Waals surface area contributed by atoms with Gasteiger partial charge in [0.1, 0.15) is 5.75 Å². The fourth-order valence-electron chi connectivity index (χ4n) is 2.88. The van der Waals surface area contributed by atoms with E-state index >= 15 is 0 Å². The summed E-state index contributed by atoms with van der Waals surface area (Å²) in [4.78, 5) is 0. The predicted molar refractivity (Wildman–Crippen MR) is 84.4 cm³/mol. The molecule has 0 aliphatic carbocycles. The average Bonchev–Trinajstić information content (AvgIpc) is 2.84. The number of nitrogens with one attached hydrogen (secondary N) is 1. The second kappa shape index (κ2) is 5.66. The van der Waals surface area contributed by atoms with Crippen molar-refractivity contribution in [3.63, 3.8) is 0 Å². The SMILES string of the molecule is COc1ccc(CNC2CCS(=O)(=O)C2)c2ccccc12. The molecular weight excluding hydrogens is 286 g/mol. The number of hydrogen-bond acceptors (Lipinski definition) is 4. The van der Waals surface area contributed by atoms with Crippen molar-refractivity contribution in [1.29, 1.82) is 0 Å². The lowest BCUT2D eigenvalue weighted by Gasteiger charge is -2.14. The van der Waals surface area contributed by atoms with Crippen LogP contribution in [0.2, 0.25) is 0 Å². The molecule has 21 heavy (non-hydrogen) atoms. The monoisotopic (exact) mass is 305 g/mol. The van der Waals surface area contributed by atoms with Crippen LogP contribution in [-0.2, 0) is 16.4 Å². The molecule has 0 radical (unpaired) electrons. The summed E-state index contributed by atoms with van der Waals surface area (Å²) >= 11 is 0. The largest absolute Gasteiger partial charge is 0.496 e. The number of hydrogen-bond donors (Lipinski definition) is 1. The lowest BCUT2D eigenvalue weighted by atomic mass is 10.0. The van der Waals surface area contributed by atoms with Gasteiger partial charge in [-0.25, -0.2) is 8.42 Å². The zero-order valence-electron chi connectivity index (χ0n) is 12.0. The molecule has 112 valence electrons. The topological polar surface area (TPSA) is 55.4 Å². The molecule has 0 amide bonds. The second-order valence-electron chi connectivity index (χ2n) is 5.45. The normalized spacial score (nSPS) is 20.7. The van der Waals surface area contributed by atoms with Gasteiger partial charge in [-0.3, -0.25) is 0 Å². The maximum atomic E-state index is 11.5. The van der Waals surface area contributed by atoms with E-state index in [1.165, 1.54) is 0 Å². The van der Waals surface area contributed by atoms with Crippen LogP contribution >= 0.6 is 0 Å². The summed E-state index contributed by atoms with van der Waals surface area (Å²) in [6.45, 7) is 0.671. The van der Waals surface area contributed by atoms with Crippen LogP contribution in [0.1, 0.15) is 12.0 Å². The van der Waals surface area contributed by atoms with Crippen LogP contribution < -0.4 is 10.1 Å². The van der Waals surface area contributed by atoms with Crippen LogP contribution in [0, 0.1) is 0 Å². The minimum Gasteiger partial charge on any atom is -0.496 e. The first-order chi connectivity index (χ1) is 10.1. The minimum absolute atomic E-state index is 0.0656. The Balaban J connectivity index is 1.82. The third kappa shape index (κ3) is 3.04. The Morgan fingerprint density at radius 2 is 1.95 bits per heavy atom. The summed E-state index contributed by atoms with van der Waals surface area (Å²) < 4.78 is 28.4. The van der Waals surface area contributed by atoms with Crippen molar-refractivity contribution in [2.24, 2.45) is 0 Å². The molecule has 0 bridgehead atoms. The fraction of sp³-hybridized carbons (Fsp3) is 0.375. The van der Waals surface area contributed by atoms with Crippen LogP contribution in [0.5, 0.6) is 5.75 Å². The van der Waals surface area contributed by atoms with E-state index in [0.29, 0.717) is 18.7 Å². The molecule has 0 spiro atoms. The van der Waals surface area contributed by atoms with Gasteiger partial charge in [0.2, 0.25) is 0 Å². The summed E-state index contributed by atoms with van der Waals surface area (Å²) in [5, 5.41) is 5.59. The highest BCUT2D eigenvalue weighted by molar-refractivity contribution is 7.91. The van der Waals surface area contributed by atoms with E-state index in [0.717, 1.165) is 22.1 Å². The third-order valence-corrected chi connectivity index (χ3v) is 5.78. The summed E-state index contributed by atoms with van der Waals surface area (Å²) in [5.41, 5.74) is 1.16. The van der Waals surface area contributed by atoms with Gasteiger partial charge < -0.3 is 10.1 Å². The molecule has 2 aromatic rings. The number of benzene rings is 2. The first kappa shape index (κ1) is 14.4. The van der Waals surface area contributed by atoms with E-state index in [2.05, 4.69) is 11.4 Å². The molecule has 0 aromatic heterocycles. The van der Waals surface area contributed by atoms with Crippen molar-refractivity contribution in [3.8, 4) is 5.75 Å². The predicted octanol–water partition coefficient (Wildman–Crippen LogP) is 2.13. The van der Waals surface area contributed by atoms with Gasteiger partial charge >= 0.3 is 0 Å². The molecule has 2 aromatic carbocycles. The van der Waals surface area contributed by atoms with Crippen molar-refractivity contribution >= 4 is 20.6 Å². The van der Waals surface area contributed by atoms with Gasteiger partial charge in [-0.05, 0) is 23.4 Å². The molecule has 4 nitrogen and oxygen atoms in total. The fourth-order valence-corrected chi connectivity index (χ4v) is 4.58. The molecule has 1 unspecified atom stereocenters. The Morgan fingerprint density at radius 3 is 2.62 bits per heavy atom. The highest BCUT2D eigenvalue weighted by atomic mass is 32.2. The number of methoxy groups -OCH3 is 1. The van der Waals surface area contributed by atoms with Gasteiger partial charge in [0.05, 0.1) is 18.6 Å². The van der Waals surface area contributed by atoms with Crippen LogP contribution in [0.25, 0.3) is 10.8 Å². The van der Waals surface area contributed by atoms with Gasteiger partial charge in [-0.2, -0.15) is 0 Å². The number of ether oxygens (including phenoxy) is 1. The van der Waals surface area contributed by atoms with Crippen molar-refractivity contribution in [3.05, 3.63) is 42.0 Å². The molecule has 1 aliphatic rings. The molecule has 1 N–H and O–H groups in total. The van der Waals surface area contributed by atoms with E-state index in [9.17, 15) is 8.42 Å². The maximum absolute atomic E-state index is 11.5. The highest BCUT2D eigenvalue weighted by Gasteiger charge is 2.27. The average molecular weight is 305 g/mol. The van der Waals surface area contributed by atoms with E-state index in [1.807, 2.05) is 30.3 Å². The summed E-state index contributed by atoms with van der Waals surface area (Å²) in [6.07, 6.45) is 0.705. The van der Waals surface area contributed by atoms with Gasteiger partial charge in [0.15, 0.2) is 9.84 Å². The number of fused-ring (bicyclic) bond motifs is 1. The molecular formula is C16H19NO3S. The van der Waals surface area contributed by atoms with Crippen LogP contribution in [-0.4, -0.2) is 33.1 Å². The molecule has 1 saturated heterocycles. The van der Waals surface area contributed by atoms with E-state index in [4.69, 9.17) is 4.74 Å². The van der Waals surface area contributed by atoms with E-state index < -0.39 is 9.84 Å². The van der Waals surface area contributed by atoms with E-state index in [1.54, 1.807) is 7.11 Å². The van der Waals surface area contributed by atoms with Crippen molar-refractivity contribution in [2.75, 3.05) is 18.6 Å². The summed E-state index contributed by atoms with van der Waals surface area (Å²) in [6, 6.07) is 12.2. The molecule has 1 aliphatic heterocycles. The van der Waals surface area contributed by atoms with Crippen LogP contribution in [0.15, 0.2) is 36.4 Å². The van der Waals surface area contributed by atoms with Gasteiger partial charge in [-0.1, -0.05) is 30.3 Å². The molecule has 3 rings (SSSR count). The maximum Gasteiger partial charge on any atom is 0.151 e. The van der Waals surface area contributed by atoms with Gasteiger partial charge in [0.25, 0.3) is 0 Å². The van der Waals surface area contributed by atoms with Gasteiger partial charge in [-0.15, -0.1) is 0 Å². The molecule has 1 atom stereocenters. The first-order valence-electron chi connectivity index (χ1n) is 7.07. The van der Waals surface area contributed by atoms with Crippen LogP contribution in [0.4, 0.5) is 0 Å². The summed E-state index contributed by atoms with van der Waals surface area (Å²) in [5.74, 6) is 1.41. The molecule has 5 heteroatoms. The van der Waals surface area contributed by atoms with E-state index in [-0.39, 0.29) is 11.8 Å². The zero-order chi connectivity index (χ0) is 14.9. The Morgan fingerprint density at radius 1 is 1.19 bits per heavy atom. The number of sulfone groups is 1. The van der Waals surface area contributed by atoms with Crippen molar-refractivity contribution in [2.45, 2.75) is 19.0 Å². The first-order valence-corrected chi connectivity index (χ1v) is 8.89. The van der Waals surface area contributed by atoms with Crippen LogP contribution in [0.3, 0.4) is 0 Å². The quantitative estimate of drug-likeness (QED) is 0.940. The Bertz CT molecular complexity index is 755. The van der Waals surface area contributed by atoms with Crippen molar-refractivity contribution < 1.29 is 13.2 Å².